The molecule has 1 aromatic rings. The Morgan fingerprint density at radius 2 is 1.75 bits per heavy atom. The number of amides is 1. The SMILES string of the molecule is C=C1C=CC(=O)N1CC(CCC)Cn1c(=C)ccc1=C. The molecule has 2 heterocycles. The first-order chi connectivity index (χ1) is 9.52. The minimum atomic E-state index is 0.0355. The van der Waals surface area contributed by atoms with Crippen LogP contribution in [-0.4, -0.2) is 21.9 Å². The van der Waals surface area contributed by atoms with Crippen LogP contribution in [0.15, 0.2) is 36.6 Å². The Kier molecular flexibility index (Phi) is 4.28. The van der Waals surface area contributed by atoms with Gasteiger partial charge in [-0.3, -0.25) is 4.79 Å². The third-order valence-electron chi connectivity index (χ3n) is 3.77. The van der Waals surface area contributed by atoms with Crippen LogP contribution in [0, 0.1) is 5.92 Å². The second-order valence-corrected chi connectivity index (χ2v) is 5.35. The summed E-state index contributed by atoms with van der Waals surface area (Å²) in [5.74, 6) is 0.419. The Bertz CT molecular complexity index is 593. The van der Waals surface area contributed by atoms with E-state index in [-0.39, 0.29) is 5.91 Å². The third kappa shape index (κ3) is 2.93. The molecule has 1 aliphatic rings. The highest BCUT2D eigenvalue weighted by atomic mass is 16.2. The average Bonchev–Trinajstić information content (AvgIpc) is 2.89. The first kappa shape index (κ1) is 14.4. The maximum atomic E-state index is 11.8. The smallest absolute Gasteiger partial charge is 0.251 e. The number of carbonyl (C=O) groups excluding carboxylic acids is 1. The van der Waals surface area contributed by atoms with E-state index in [9.17, 15) is 4.79 Å². The van der Waals surface area contributed by atoms with Crippen LogP contribution in [0.25, 0.3) is 13.2 Å². The van der Waals surface area contributed by atoms with Crippen LogP contribution in [0.3, 0.4) is 0 Å². The molecule has 0 saturated heterocycles. The lowest BCUT2D eigenvalue weighted by Crippen LogP contribution is -2.35. The zero-order valence-corrected chi connectivity index (χ0v) is 12.1. The molecule has 1 unspecified atom stereocenters. The van der Waals surface area contributed by atoms with Gasteiger partial charge in [0.15, 0.2) is 0 Å². The van der Waals surface area contributed by atoms with Crippen molar-refractivity contribution in [2.75, 3.05) is 6.54 Å². The van der Waals surface area contributed by atoms with Gasteiger partial charge < -0.3 is 9.47 Å². The Morgan fingerprint density at radius 1 is 1.10 bits per heavy atom. The fourth-order valence-electron chi connectivity index (χ4n) is 2.65. The van der Waals surface area contributed by atoms with Gasteiger partial charge in [-0.05, 0) is 30.5 Å². The fourth-order valence-corrected chi connectivity index (χ4v) is 2.65. The molecule has 0 spiro atoms. The molecule has 1 amide bonds. The summed E-state index contributed by atoms with van der Waals surface area (Å²) < 4.78 is 2.12. The molecule has 0 aliphatic carbocycles. The van der Waals surface area contributed by atoms with Crippen LogP contribution in [0.2, 0.25) is 0 Å². The van der Waals surface area contributed by atoms with Crippen molar-refractivity contribution >= 4 is 19.1 Å². The topological polar surface area (TPSA) is 25.2 Å². The van der Waals surface area contributed by atoms with Gasteiger partial charge in [-0.1, -0.05) is 33.1 Å². The van der Waals surface area contributed by atoms with Gasteiger partial charge in [0, 0.05) is 35.6 Å². The highest BCUT2D eigenvalue weighted by Crippen LogP contribution is 2.18. The highest BCUT2D eigenvalue weighted by molar-refractivity contribution is 5.92. The molecule has 106 valence electrons. The van der Waals surface area contributed by atoms with Crippen molar-refractivity contribution in [1.29, 1.82) is 0 Å². The predicted octanol–water partition coefficient (Wildman–Crippen LogP) is 1.64. The molecule has 1 aromatic heterocycles. The molecule has 0 bridgehead atoms. The average molecular weight is 270 g/mol. The highest BCUT2D eigenvalue weighted by Gasteiger charge is 2.22. The molecule has 2 rings (SSSR count). The summed E-state index contributed by atoms with van der Waals surface area (Å²) in [6, 6.07) is 3.96. The van der Waals surface area contributed by atoms with E-state index in [1.165, 1.54) is 0 Å². The molecule has 20 heavy (non-hydrogen) atoms. The summed E-state index contributed by atoms with van der Waals surface area (Å²) in [6.45, 7) is 15.7. The lowest BCUT2D eigenvalue weighted by atomic mass is 10.0. The molecule has 0 N–H and O–H groups in total. The number of rotatable bonds is 6. The minimum absolute atomic E-state index is 0.0355. The zero-order valence-electron chi connectivity index (χ0n) is 12.1. The van der Waals surface area contributed by atoms with Crippen LogP contribution in [0.1, 0.15) is 19.8 Å². The Balaban J connectivity index is 2.12. The van der Waals surface area contributed by atoms with Crippen LogP contribution < -0.4 is 10.7 Å². The van der Waals surface area contributed by atoms with Gasteiger partial charge in [-0.25, -0.2) is 0 Å². The van der Waals surface area contributed by atoms with Crippen molar-refractivity contribution in [2.24, 2.45) is 5.92 Å². The lowest BCUT2D eigenvalue weighted by molar-refractivity contribution is -0.123. The van der Waals surface area contributed by atoms with Gasteiger partial charge in [0.25, 0.3) is 5.91 Å². The predicted molar refractivity (Wildman–Crippen MR) is 83.1 cm³/mol. The summed E-state index contributed by atoms with van der Waals surface area (Å²) in [5.41, 5.74) is 0.785. The molecule has 0 radical (unpaired) electrons. The van der Waals surface area contributed by atoms with Gasteiger partial charge in [0.05, 0.1) is 0 Å². The van der Waals surface area contributed by atoms with Crippen LogP contribution in [-0.2, 0) is 11.3 Å². The normalized spacial score (nSPS) is 16.1. The van der Waals surface area contributed by atoms with Gasteiger partial charge in [-0.2, -0.15) is 0 Å². The maximum Gasteiger partial charge on any atom is 0.251 e. The van der Waals surface area contributed by atoms with Crippen molar-refractivity contribution in [1.82, 2.24) is 9.47 Å². The van der Waals surface area contributed by atoms with Crippen molar-refractivity contribution < 1.29 is 4.79 Å². The van der Waals surface area contributed by atoms with E-state index in [2.05, 4.69) is 31.2 Å². The molecule has 0 aromatic carbocycles. The molecular formula is C17H22N2O. The van der Waals surface area contributed by atoms with Crippen LogP contribution in [0.4, 0.5) is 0 Å². The zero-order chi connectivity index (χ0) is 14.7. The number of hydrogen-bond acceptors (Lipinski definition) is 1. The van der Waals surface area contributed by atoms with Crippen molar-refractivity contribution in [2.45, 2.75) is 26.3 Å². The Labute approximate surface area is 120 Å². The maximum absolute atomic E-state index is 11.8. The Hall–Kier alpha value is -2.03. The number of nitrogens with zero attached hydrogens (tertiary/aromatic N) is 2. The van der Waals surface area contributed by atoms with Gasteiger partial charge in [0.1, 0.15) is 0 Å². The largest absolute Gasteiger partial charge is 0.342 e. The molecule has 0 saturated carbocycles. The Morgan fingerprint density at radius 3 is 2.25 bits per heavy atom. The number of allylic oxidation sites excluding steroid dienone is 1. The second-order valence-electron chi connectivity index (χ2n) is 5.35. The summed E-state index contributed by atoms with van der Waals surface area (Å²) in [7, 11) is 0. The molecule has 0 fully saturated rings. The molecule has 1 atom stereocenters. The number of carbonyl (C=O) groups is 1. The summed E-state index contributed by atoms with van der Waals surface area (Å²) >= 11 is 0. The van der Waals surface area contributed by atoms with E-state index < -0.39 is 0 Å². The third-order valence-corrected chi connectivity index (χ3v) is 3.77. The van der Waals surface area contributed by atoms with E-state index in [1.807, 2.05) is 12.1 Å². The first-order valence-electron chi connectivity index (χ1n) is 7.04. The molecule has 3 nitrogen and oxygen atoms in total. The van der Waals surface area contributed by atoms with Crippen molar-refractivity contribution in [3.05, 3.63) is 47.3 Å². The second kappa shape index (κ2) is 5.95. The van der Waals surface area contributed by atoms with Gasteiger partial charge in [-0.15, -0.1) is 0 Å². The lowest BCUT2D eigenvalue weighted by Gasteiger charge is -2.25. The van der Waals surface area contributed by atoms with Crippen molar-refractivity contribution in [3.8, 4) is 0 Å². The summed E-state index contributed by atoms with van der Waals surface area (Å²) in [6.07, 6.45) is 5.52. The quantitative estimate of drug-likeness (QED) is 0.771. The molecule has 1 aliphatic heterocycles. The monoisotopic (exact) mass is 270 g/mol. The van der Waals surface area contributed by atoms with E-state index in [0.29, 0.717) is 12.5 Å². The van der Waals surface area contributed by atoms with Gasteiger partial charge in [0.2, 0.25) is 0 Å². The summed E-state index contributed by atoms with van der Waals surface area (Å²) in [4.78, 5) is 13.6. The van der Waals surface area contributed by atoms with Crippen LogP contribution in [0.5, 0.6) is 0 Å². The molecular weight excluding hydrogens is 248 g/mol. The standard InChI is InChI=1S/C17H22N2O/c1-5-6-16(11-18-13(2)7-8-14(18)3)12-19-15(4)9-10-17(19)20/h7-10,16H,2-6,11-12H2,1H3. The first-order valence-corrected chi connectivity index (χ1v) is 7.04. The molecule has 3 heteroatoms. The van der Waals surface area contributed by atoms with Crippen molar-refractivity contribution in [3.63, 3.8) is 0 Å². The minimum Gasteiger partial charge on any atom is -0.342 e. The van der Waals surface area contributed by atoms with E-state index in [4.69, 9.17) is 0 Å². The summed E-state index contributed by atoms with van der Waals surface area (Å²) in [5, 5.41) is 1.95. The van der Waals surface area contributed by atoms with Gasteiger partial charge >= 0.3 is 0 Å². The number of hydrogen-bond donors (Lipinski definition) is 0. The number of aromatic nitrogens is 1. The van der Waals surface area contributed by atoms with E-state index in [1.54, 1.807) is 17.1 Å². The van der Waals surface area contributed by atoms with E-state index >= 15 is 0 Å². The fraction of sp³-hybridized carbons (Fsp3) is 0.353. The van der Waals surface area contributed by atoms with Crippen LogP contribution >= 0.6 is 0 Å². The van der Waals surface area contributed by atoms with E-state index in [0.717, 1.165) is 35.8 Å².